The lowest BCUT2D eigenvalue weighted by molar-refractivity contribution is -0.132. The molecule has 1 N–H and O–H groups in total. The van der Waals surface area contributed by atoms with Gasteiger partial charge >= 0.3 is 0 Å². The molecule has 0 bridgehead atoms. The summed E-state index contributed by atoms with van der Waals surface area (Å²) in [5, 5.41) is 2.85. The molecule has 2 aromatic carbocycles. The van der Waals surface area contributed by atoms with Crippen LogP contribution in [-0.2, 0) is 4.79 Å². The molecule has 0 saturated carbocycles. The summed E-state index contributed by atoms with van der Waals surface area (Å²) in [4.78, 5) is 26.1. The molecular weight excluding hydrogens is 316 g/mol. The summed E-state index contributed by atoms with van der Waals surface area (Å²) in [6.07, 6.45) is 2.12. The van der Waals surface area contributed by atoms with E-state index in [9.17, 15) is 9.59 Å². The Labute approximate surface area is 147 Å². The number of likely N-dealkylation sites (tertiary alicyclic amines) is 1. The lowest BCUT2D eigenvalue weighted by Crippen LogP contribution is -2.32. The van der Waals surface area contributed by atoms with Crippen molar-refractivity contribution in [1.82, 2.24) is 4.90 Å². The monoisotopic (exact) mass is 338 g/mol. The summed E-state index contributed by atoms with van der Waals surface area (Å²) in [6.45, 7) is 3.63. The van der Waals surface area contributed by atoms with Crippen molar-refractivity contribution >= 4 is 17.5 Å². The third-order valence-corrected chi connectivity index (χ3v) is 4.23. The number of anilines is 1. The third kappa shape index (κ3) is 4.59. The highest BCUT2D eigenvalue weighted by Gasteiger charge is 2.18. The normalized spacial score (nSPS) is 13.6. The number of benzene rings is 2. The maximum Gasteiger partial charge on any atom is 0.260 e. The van der Waals surface area contributed by atoms with Crippen LogP contribution in [0.5, 0.6) is 5.75 Å². The molecule has 0 aromatic heterocycles. The Balaban J connectivity index is 1.58. The predicted octanol–water partition coefficient (Wildman–Crippen LogP) is 3.25. The number of aryl methyl sites for hydroxylation is 1. The number of carbonyl (C=O) groups excluding carboxylic acids is 2. The smallest absolute Gasteiger partial charge is 0.260 e. The van der Waals surface area contributed by atoms with Crippen molar-refractivity contribution in [3.63, 3.8) is 0 Å². The van der Waals surface area contributed by atoms with Crippen LogP contribution in [0.1, 0.15) is 28.8 Å². The molecule has 0 radical (unpaired) electrons. The van der Waals surface area contributed by atoms with Crippen LogP contribution in [0, 0.1) is 6.92 Å². The molecule has 5 heteroatoms. The molecule has 0 spiro atoms. The molecule has 1 heterocycles. The van der Waals surface area contributed by atoms with E-state index in [-0.39, 0.29) is 18.4 Å². The van der Waals surface area contributed by atoms with E-state index in [1.807, 2.05) is 24.0 Å². The first-order chi connectivity index (χ1) is 12.1. The molecule has 5 nitrogen and oxygen atoms in total. The number of carbonyl (C=O) groups is 2. The van der Waals surface area contributed by atoms with Crippen LogP contribution in [-0.4, -0.2) is 36.4 Å². The van der Waals surface area contributed by atoms with Crippen molar-refractivity contribution in [3.8, 4) is 5.75 Å². The second kappa shape index (κ2) is 7.83. The number of ether oxygens (including phenoxy) is 1. The lowest BCUT2D eigenvalue weighted by atomic mass is 10.1. The van der Waals surface area contributed by atoms with Gasteiger partial charge in [-0.3, -0.25) is 9.59 Å². The van der Waals surface area contributed by atoms with Gasteiger partial charge in [0, 0.05) is 30.4 Å². The van der Waals surface area contributed by atoms with Crippen LogP contribution in [0.15, 0.2) is 48.5 Å². The largest absolute Gasteiger partial charge is 0.484 e. The summed E-state index contributed by atoms with van der Waals surface area (Å²) in [5.41, 5.74) is 2.34. The number of hydrogen-bond acceptors (Lipinski definition) is 3. The van der Waals surface area contributed by atoms with Crippen LogP contribution in [0.4, 0.5) is 5.69 Å². The Morgan fingerprint density at radius 3 is 2.52 bits per heavy atom. The Bertz CT molecular complexity index is 750. The summed E-state index contributed by atoms with van der Waals surface area (Å²) < 4.78 is 5.58. The fourth-order valence-electron chi connectivity index (χ4n) is 2.77. The second-order valence-corrected chi connectivity index (χ2v) is 6.22. The molecule has 1 fully saturated rings. The lowest BCUT2D eigenvalue weighted by Gasteiger charge is -2.15. The highest BCUT2D eigenvalue weighted by Crippen LogP contribution is 2.19. The zero-order chi connectivity index (χ0) is 17.6. The molecule has 25 heavy (non-hydrogen) atoms. The molecule has 1 saturated heterocycles. The predicted molar refractivity (Wildman–Crippen MR) is 96.9 cm³/mol. The average Bonchev–Trinajstić information content (AvgIpc) is 3.15. The van der Waals surface area contributed by atoms with E-state index in [4.69, 9.17) is 4.74 Å². The maximum absolute atomic E-state index is 12.3. The van der Waals surface area contributed by atoms with E-state index in [1.165, 1.54) is 0 Å². The highest BCUT2D eigenvalue weighted by molar-refractivity contribution is 6.04. The van der Waals surface area contributed by atoms with Gasteiger partial charge < -0.3 is 15.0 Å². The Morgan fingerprint density at radius 1 is 1.08 bits per heavy atom. The minimum absolute atomic E-state index is 0.00611. The van der Waals surface area contributed by atoms with Gasteiger partial charge in [0.1, 0.15) is 5.75 Å². The molecule has 2 aromatic rings. The average molecular weight is 338 g/mol. The van der Waals surface area contributed by atoms with Crippen LogP contribution < -0.4 is 10.1 Å². The number of amides is 2. The molecule has 0 unspecified atom stereocenters. The summed E-state index contributed by atoms with van der Waals surface area (Å²) in [6, 6.07) is 14.5. The minimum atomic E-state index is -0.176. The van der Waals surface area contributed by atoms with E-state index in [1.54, 1.807) is 36.4 Å². The summed E-state index contributed by atoms with van der Waals surface area (Å²) >= 11 is 0. The van der Waals surface area contributed by atoms with Gasteiger partial charge in [-0.05, 0) is 44.0 Å². The summed E-state index contributed by atoms with van der Waals surface area (Å²) in [5.74, 6) is 0.395. The first-order valence-corrected chi connectivity index (χ1v) is 8.50. The van der Waals surface area contributed by atoms with Gasteiger partial charge in [0.05, 0.1) is 0 Å². The zero-order valence-corrected chi connectivity index (χ0v) is 14.3. The third-order valence-electron chi connectivity index (χ3n) is 4.23. The van der Waals surface area contributed by atoms with Gasteiger partial charge in [-0.15, -0.1) is 0 Å². The zero-order valence-electron chi connectivity index (χ0n) is 14.3. The van der Waals surface area contributed by atoms with Gasteiger partial charge in [-0.1, -0.05) is 23.8 Å². The molecule has 1 aliphatic rings. The molecule has 130 valence electrons. The SMILES string of the molecule is Cc1ccc(C(=O)Nc2cccc(OCC(=O)N3CCCC3)c2)cc1. The van der Waals surface area contributed by atoms with E-state index >= 15 is 0 Å². The fourth-order valence-corrected chi connectivity index (χ4v) is 2.77. The van der Waals surface area contributed by atoms with Crippen molar-refractivity contribution in [3.05, 3.63) is 59.7 Å². The number of nitrogens with zero attached hydrogens (tertiary/aromatic N) is 1. The van der Waals surface area contributed by atoms with Crippen molar-refractivity contribution in [2.75, 3.05) is 25.0 Å². The number of hydrogen-bond donors (Lipinski definition) is 1. The van der Waals surface area contributed by atoms with Crippen LogP contribution in [0.25, 0.3) is 0 Å². The first kappa shape index (κ1) is 17.0. The molecule has 1 aliphatic heterocycles. The Morgan fingerprint density at radius 2 is 1.80 bits per heavy atom. The van der Waals surface area contributed by atoms with Gasteiger partial charge in [-0.2, -0.15) is 0 Å². The van der Waals surface area contributed by atoms with Crippen molar-refractivity contribution in [1.29, 1.82) is 0 Å². The Hall–Kier alpha value is -2.82. The van der Waals surface area contributed by atoms with Gasteiger partial charge in [0.15, 0.2) is 6.61 Å². The summed E-state index contributed by atoms with van der Waals surface area (Å²) in [7, 11) is 0. The quantitative estimate of drug-likeness (QED) is 0.910. The number of nitrogens with one attached hydrogen (secondary N) is 1. The van der Waals surface area contributed by atoms with E-state index in [0.717, 1.165) is 31.5 Å². The number of rotatable bonds is 5. The van der Waals surface area contributed by atoms with Gasteiger partial charge in [0.2, 0.25) is 0 Å². The molecule has 2 amide bonds. The van der Waals surface area contributed by atoms with E-state index in [2.05, 4.69) is 5.32 Å². The van der Waals surface area contributed by atoms with Gasteiger partial charge in [-0.25, -0.2) is 0 Å². The van der Waals surface area contributed by atoms with Crippen molar-refractivity contribution in [2.24, 2.45) is 0 Å². The molecule has 0 atom stereocenters. The second-order valence-electron chi connectivity index (χ2n) is 6.22. The standard InChI is InChI=1S/C20H22N2O3/c1-15-7-9-16(10-8-15)20(24)21-17-5-4-6-18(13-17)25-14-19(23)22-11-2-3-12-22/h4-10,13H,2-3,11-12,14H2,1H3,(H,21,24). The van der Waals surface area contributed by atoms with Crippen molar-refractivity contribution in [2.45, 2.75) is 19.8 Å². The minimum Gasteiger partial charge on any atom is -0.484 e. The molecule has 3 rings (SSSR count). The maximum atomic E-state index is 12.3. The van der Waals surface area contributed by atoms with Crippen LogP contribution in [0.3, 0.4) is 0 Å². The molecule has 0 aliphatic carbocycles. The van der Waals surface area contributed by atoms with Crippen LogP contribution in [0.2, 0.25) is 0 Å². The first-order valence-electron chi connectivity index (χ1n) is 8.50. The highest BCUT2D eigenvalue weighted by atomic mass is 16.5. The molecular formula is C20H22N2O3. The van der Waals surface area contributed by atoms with Gasteiger partial charge in [0.25, 0.3) is 11.8 Å². The van der Waals surface area contributed by atoms with E-state index < -0.39 is 0 Å². The van der Waals surface area contributed by atoms with E-state index in [0.29, 0.717) is 17.0 Å². The van der Waals surface area contributed by atoms with Crippen molar-refractivity contribution < 1.29 is 14.3 Å². The Kier molecular flexibility index (Phi) is 5.33. The van der Waals surface area contributed by atoms with Crippen LogP contribution >= 0.6 is 0 Å². The topological polar surface area (TPSA) is 58.6 Å². The fraction of sp³-hybridized carbons (Fsp3) is 0.300.